The molecule has 2 aliphatic carbocycles. The molecule has 1 spiro atoms. The third kappa shape index (κ3) is 3.32. The Labute approximate surface area is 178 Å². The number of methoxy groups -OCH3 is 1. The maximum absolute atomic E-state index is 13.3. The van der Waals surface area contributed by atoms with Gasteiger partial charge in [0.2, 0.25) is 5.91 Å². The molecule has 1 aromatic heterocycles. The molecule has 0 aromatic carbocycles. The number of ether oxygens (including phenoxy) is 1. The lowest BCUT2D eigenvalue weighted by atomic mass is 9.65. The summed E-state index contributed by atoms with van der Waals surface area (Å²) >= 11 is 7.98. The van der Waals surface area contributed by atoms with Crippen molar-refractivity contribution in [1.29, 1.82) is 0 Å². The van der Waals surface area contributed by atoms with E-state index in [1.807, 2.05) is 6.07 Å². The van der Waals surface area contributed by atoms with Crippen LogP contribution in [0.3, 0.4) is 0 Å². The van der Waals surface area contributed by atoms with E-state index >= 15 is 0 Å². The molecule has 4 nitrogen and oxygen atoms in total. The molecule has 156 valence electrons. The standard InChI is InChI=1S/C22H33ClN2O2S/c1-24(2)22(17-5-6-18(23)28-17)11-9-20(10-12-22)13-14-25(15-20)19(26)21(16-27-3)7-4-8-21/h5-6H,4,7-16H2,1-3H3. The van der Waals surface area contributed by atoms with Crippen LogP contribution in [0.1, 0.15) is 56.2 Å². The van der Waals surface area contributed by atoms with Crippen LogP contribution < -0.4 is 0 Å². The first kappa shape index (κ1) is 20.6. The van der Waals surface area contributed by atoms with Gasteiger partial charge in [0, 0.05) is 25.1 Å². The summed E-state index contributed by atoms with van der Waals surface area (Å²) < 4.78 is 6.28. The summed E-state index contributed by atoms with van der Waals surface area (Å²) in [5.74, 6) is 0.354. The van der Waals surface area contributed by atoms with Gasteiger partial charge in [-0.15, -0.1) is 11.3 Å². The number of nitrogens with zero attached hydrogens (tertiary/aromatic N) is 2. The average molecular weight is 425 g/mol. The van der Waals surface area contributed by atoms with Crippen LogP contribution in [-0.4, -0.2) is 56.6 Å². The first-order valence-electron chi connectivity index (χ1n) is 10.6. The molecule has 1 amide bonds. The van der Waals surface area contributed by atoms with E-state index < -0.39 is 0 Å². The lowest BCUT2D eigenvalue weighted by molar-refractivity contribution is -0.151. The molecule has 0 unspecified atom stereocenters. The molecule has 2 saturated carbocycles. The minimum absolute atomic E-state index is 0.0890. The topological polar surface area (TPSA) is 32.8 Å². The third-order valence-electron chi connectivity index (χ3n) is 7.94. The van der Waals surface area contributed by atoms with Crippen LogP contribution in [0, 0.1) is 10.8 Å². The number of carbonyl (C=O) groups is 1. The van der Waals surface area contributed by atoms with E-state index in [-0.39, 0.29) is 11.0 Å². The minimum Gasteiger partial charge on any atom is -0.384 e. The van der Waals surface area contributed by atoms with E-state index in [2.05, 4.69) is 30.0 Å². The predicted molar refractivity (Wildman–Crippen MR) is 115 cm³/mol. The number of rotatable bonds is 5. The van der Waals surface area contributed by atoms with Crippen molar-refractivity contribution in [2.45, 2.75) is 56.9 Å². The first-order valence-corrected chi connectivity index (χ1v) is 11.8. The Bertz CT molecular complexity index is 720. The van der Waals surface area contributed by atoms with Crippen LogP contribution in [0.15, 0.2) is 12.1 Å². The summed E-state index contributed by atoms with van der Waals surface area (Å²) in [7, 11) is 6.11. The van der Waals surface area contributed by atoms with Crippen molar-refractivity contribution in [2.24, 2.45) is 10.8 Å². The van der Waals surface area contributed by atoms with Crippen molar-refractivity contribution < 1.29 is 9.53 Å². The molecule has 0 atom stereocenters. The minimum atomic E-state index is -0.226. The van der Waals surface area contributed by atoms with Crippen LogP contribution >= 0.6 is 22.9 Å². The fourth-order valence-corrected chi connectivity index (χ4v) is 7.20. The van der Waals surface area contributed by atoms with Gasteiger partial charge in [-0.05, 0) is 76.6 Å². The van der Waals surface area contributed by atoms with Crippen LogP contribution in [0.5, 0.6) is 0 Å². The van der Waals surface area contributed by atoms with Crippen molar-refractivity contribution in [3.63, 3.8) is 0 Å². The summed E-state index contributed by atoms with van der Waals surface area (Å²) in [5, 5.41) is 0. The highest BCUT2D eigenvalue weighted by Gasteiger charge is 2.52. The van der Waals surface area contributed by atoms with E-state index in [0.717, 1.165) is 56.0 Å². The van der Waals surface area contributed by atoms with Crippen molar-refractivity contribution in [3.8, 4) is 0 Å². The smallest absolute Gasteiger partial charge is 0.231 e. The highest BCUT2D eigenvalue weighted by atomic mass is 35.5. The highest BCUT2D eigenvalue weighted by molar-refractivity contribution is 7.16. The van der Waals surface area contributed by atoms with Gasteiger partial charge in [0.05, 0.1) is 21.9 Å². The maximum atomic E-state index is 13.3. The Morgan fingerprint density at radius 1 is 1.18 bits per heavy atom. The zero-order chi connectivity index (χ0) is 20.0. The second-order valence-corrected chi connectivity index (χ2v) is 11.3. The van der Waals surface area contributed by atoms with E-state index in [4.69, 9.17) is 16.3 Å². The molecular weight excluding hydrogens is 392 g/mol. The van der Waals surface area contributed by atoms with Gasteiger partial charge in [0.15, 0.2) is 0 Å². The number of hydrogen-bond acceptors (Lipinski definition) is 4. The van der Waals surface area contributed by atoms with Crippen LogP contribution in [-0.2, 0) is 15.1 Å². The number of halogens is 1. The monoisotopic (exact) mass is 424 g/mol. The number of carbonyl (C=O) groups excluding carboxylic acids is 1. The average Bonchev–Trinajstić information content (AvgIpc) is 3.26. The molecule has 4 rings (SSSR count). The molecule has 2 heterocycles. The summed E-state index contributed by atoms with van der Waals surface area (Å²) in [6.07, 6.45) is 8.94. The predicted octanol–water partition coefficient (Wildman–Crippen LogP) is 4.77. The molecule has 3 aliphatic rings. The van der Waals surface area contributed by atoms with Gasteiger partial charge < -0.3 is 9.64 Å². The molecule has 0 radical (unpaired) electrons. The van der Waals surface area contributed by atoms with Crippen LogP contribution in [0.2, 0.25) is 4.34 Å². The normalized spacial score (nSPS) is 32.1. The Morgan fingerprint density at radius 3 is 2.39 bits per heavy atom. The first-order chi connectivity index (χ1) is 13.3. The van der Waals surface area contributed by atoms with Gasteiger partial charge in [-0.3, -0.25) is 9.69 Å². The lowest BCUT2D eigenvalue weighted by Crippen LogP contribution is -2.51. The Hall–Kier alpha value is -0.620. The van der Waals surface area contributed by atoms with Crippen molar-refractivity contribution >= 4 is 28.8 Å². The molecule has 3 fully saturated rings. The molecular formula is C22H33ClN2O2S. The number of thiophene rings is 1. The molecule has 0 bridgehead atoms. The number of amides is 1. The van der Waals surface area contributed by atoms with Crippen molar-refractivity contribution in [1.82, 2.24) is 9.80 Å². The highest BCUT2D eigenvalue weighted by Crippen LogP contribution is 2.54. The quantitative estimate of drug-likeness (QED) is 0.682. The molecule has 1 aliphatic heterocycles. The Morgan fingerprint density at radius 2 is 1.89 bits per heavy atom. The van der Waals surface area contributed by atoms with E-state index in [1.165, 1.54) is 17.7 Å². The fourth-order valence-electron chi connectivity index (χ4n) is 5.82. The van der Waals surface area contributed by atoms with Crippen LogP contribution in [0.25, 0.3) is 0 Å². The number of likely N-dealkylation sites (tertiary alicyclic amines) is 1. The van der Waals surface area contributed by atoms with Gasteiger partial charge in [0.1, 0.15) is 0 Å². The van der Waals surface area contributed by atoms with Crippen molar-refractivity contribution in [3.05, 3.63) is 21.3 Å². The molecule has 6 heteroatoms. The van der Waals surface area contributed by atoms with E-state index in [9.17, 15) is 4.79 Å². The van der Waals surface area contributed by atoms with Crippen LogP contribution in [0.4, 0.5) is 0 Å². The fraction of sp³-hybridized carbons (Fsp3) is 0.773. The molecule has 28 heavy (non-hydrogen) atoms. The zero-order valence-electron chi connectivity index (χ0n) is 17.4. The Balaban J connectivity index is 1.45. The SMILES string of the molecule is COCC1(C(=O)N2CCC3(CCC(c4ccc(Cl)s4)(N(C)C)CC3)C2)CCC1. The largest absolute Gasteiger partial charge is 0.384 e. The maximum Gasteiger partial charge on any atom is 0.231 e. The second-order valence-electron chi connectivity index (χ2n) is 9.57. The summed E-state index contributed by atoms with van der Waals surface area (Å²) in [6, 6.07) is 4.24. The molecule has 1 saturated heterocycles. The summed E-state index contributed by atoms with van der Waals surface area (Å²) in [6.45, 7) is 2.44. The second kappa shape index (κ2) is 7.57. The summed E-state index contributed by atoms with van der Waals surface area (Å²) in [5.41, 5.74) is 0.163. The van der Waals surface area contributed by atoms with Gasteiger partial charge in [-0.1, -0.05) is 18.0 Å². The van der Waals surface area contributed by atoms with Gasteiger partial charge >= 0.3 is 0 Å². The molecule has 1 aromatic rings. The Kier molecular flexibility index (Phi) is 5.58. The van der Waals surface area contributed by atoms with Gasteiger partial charge in [-0.2, -0.15) is 0 Å². The van der Waals surface area contributed by atoms with Gasteiger partial charge in [0.25, 0.3) is 0 Å². The molecule has 0 N–H and O–H groups in total. The van der Waals surface area contributed by atoms with E-state index in [1.54, 1.807) is 18.4 Å². The van der Waals surface area contributed by atoms with E-state index in [0.29, 0.717) is 17.9 Å². The number of hydrogen-bond donors (Lipinski definition) is 0. The van der Waals surface area contributed by atoms with Crippen molar-refractivity contribution in [2.75, 3.05) is 40.9 Å². The van der Waals surface area contributed by atoms with Gasteiger partial charge in [-0.25, -0.2) is 0 Å². The third-order valence-corrected chi connectivity index (χ3v) is 9.36. The zero-order valence-corrected chi connectivity index (χ0v) is 19.0. The lowest BCUT2D eigenvalue weighted by Gasteiger charge is -2.48. The summed E-state index contributed by atoms with van der Waals surface area (Å²) in [4.78, 5) is 19.2.